The Bertz CT molecular complexity index is 1260. The Labute approximate surface area is 169 Å². The Kier molecular flexibility index (Phi) is 4.88. The number of H-pyrrole nitrogens is 1. The van der Waals surface area contributed by atoms with Crippen LogP contribution in [0.25, 0.3) is 21.8 Å². The van der Waals surface area contributed by atoms with Gasteiger partial charge in [0.2, 0.25) is 0 Å². The van der Waals surface area contributed by atoms with Crippen LogP contribution in [-0.4, -0.2) is 17.5 Å². The molecule has 0 fully saturated rings. The maximum absolute atomic E-state index is 12.7. The molecule has 0 spiro atoms. The van der Waals surface area contributed by atoms with Crippen LogP contribution in [0.5, 0.6) is 5.75 Å². The third-order valence-corrected chi connectivity index (χ3v) is 5.00. The van der Waals surface area contributed by atoms with Crippen molar-refractivity contribution in [3.05, 3.63) is 80.9 Å². The second-order valence-electron chi connectivity index (χ2n) is 6.50. The lowest BCUT2D eigenvalue weighted by atomic mass is 10.1. The molecule has 1 heterocycles. The molecule has 0 unspecified atom stereocenters. The highest BCUT2D eigenvalue weighted by atomic mass is 79.9. The van der Waals surface area contributed by atoms with E-state index in [9.17, 15) is 9.59 Å². The Balaban J connectivity index is 1.53. The number of halogens is 1. The van der Waals surface area contributed by atoms with Gasteiger partial charge in [0.1, 0.15) is 5.75 Å². The van der Waals surface area contributed by atoms with Crippen LogP contribution in [0, 0.1) is 6.92 Å². The van der Waals surface area contributed by atoms with Gasteiger partial charge in [-0.15, -0.1) is 0 Å². The molecule has 2 N–H and O–H groups in total. The van der Waals surface area contributed by atoms with Crippen molar-refractivity contribution in [1.29, 1.82) is 0 Å². The zero-order valence-corrected chi connectivity index (χ0v) is 16.7. The fraction of sp³-hybridized carbons (Fsp3) is 0.0909. The molecule has 4 rings (SSSR count). The molecule has 0 aliphatic heterocycles. The molecule has 4 aromatic rings. The van der Waals surface area contributed by atoms with Crippen LogP contribution in [0.2, 0.25) is 0 Å². The number of amides is 1. The van der Waals surface area contributed by atoms with E-state index in [0.717, 1.165) is 26.8 Å². The quantitative estimate of drug-likeness (QED) is 0.452. The van der Waals surface area contributed by atoms with Gasteiger partial charge in [-0.2, -0.15) is 0 Å². The summed E-state index contributed by atoms with van der Waals surface area (Å²) >= 11 is 3.40. The molecular formula is C22H17BrN2O3. The molecule has 0 bridgehead atoms. The minimum Gasteiger partial charge on any atom is -0.484 e. The van der Waals surface area contributed by atoms with Crippen molar-refractivity contribution >= 4 is 49.3 Å². The molecule has 6 heteroatoms. The van der Waals surface area contributed by atoms with Crippen molar-refractivity contribution in [2.24, 2.45) is 0 Å². The summed E-state index contributed by atoms with van der Waals surface area (Å²) in [6.07, 6.45) is 0. The van der Waals surface area contributed by atoms with E-state index in [2.05, 4.69) is 26.2 Å². The van der Waals surface area contributed by atoms with Crippen LogP contribution >= 0.6 is 15.9 Å². The Morgan fingerprint density at radius 1 is 1.04 bits per heavy atom. The van der Waals surface area contributed by atoms with Gasteiger partial charge in [0.25, 0.3) is 5.91 Å². The topological polar surface area (TPSA) is 71.2 Å². The molecule has 0 radical (unpaired) electrons. The van der Waals surface area contributed by atoms with Crippen LogP contribution in [0.3, 0.4) is 0 Å². The lowest BCUT2D eigenvalue weighted by Gasteiger charge is -2.10. The van der Waals surface area contributed by atoms with Gasteiger partial charge >= 0.3 is 0 Å². The van der Waals surface area contributed by atoms with Crippen molar-refractivity contribution in [3.63, 3.8) is 0 Å². The predicted molar refractivity (Wildman–Crippen MR) is 115 cm³/mol. The Morgan fingerprint density at radius 2 is 1.82 bits per heavy atom. The number of carbonyl (C=O) groups excluding carboxylic acids is 1. The zero-order chi connectivity index (χ0) is 19.7. The summed E-state index contributed by atoms with van der Waals surface area (Å²) in [7, 11) is 0. The number of anilines is 1. The second kappa shape index (κ2) is 7.48. The fourth-order valence-corrected chi connectivity index (χ4v) is 3.57. The third-order valence-electron chi connectivity index (χ3n) is 4.51. The normalized spacial score (nSPS) is 10.9. The molecule has 0 saturated carbocycles. The van der Waals surface area contributed by atoms with E-state index >= 15 is 0 Å². The number of aromatic amines is 1. The molecule has 1 aromatic heterocycles. The number of nitrogens with one attached hydrogen (secondary N) is 2. The largest absolute Gasteiger partial charge is 0.484 e. The number of carbonyl (C=O) groups is 1. The number of aromatic nitrogens is 1. The number of aryl methyl sites for hydroxylation is 1. The highest BCUT2D eigenvalue weighted by Gasteiger charge is 2.09. The minimum atomic E-state index is -0.266. The molecule has 5 nitrogen and oxygen atoms in total. The summed E-state index contributed by atoms with van der Waals surface area (Å²) in [6, 6.07) is 18.2. The smallest absolute Gasteiger partial charge is 0.262 e. The highest BCUT2D eigenvalue weighted by Crippen LogP contribution is 2.21. The van der Waals surface area contributed by atoms with Gasteiger partial charge in [-0.05, 0) is 61.0 Å². The molecule has 0 aliphatic rings. The maximum atomic E-state index is 12.7. The Hall–Kier alpha value is -3.12. The first kappa shape index (κ1) is 18.3. The highest BCUT2D eigenvalue weighted by molar-refractivity contribution is 9.10. The van der Waals surface area contributed by atoms with Crippen LogP contribution in [0.15, 0.2) is 69.9 Å². The number of benzene rings is 3. The van der Waals surface area contributed by atoms with E-state index in [1.807, 2.05) is 43.3 Å². The summed E-state index contributed by atoms with van der Waals surface area (Å²) in [5.74, 6) is 0.203. The van der Waals surface area contributed by atoms with Crippen LogP contribution < -0.4 is 15.5 Å². The molecule has 140 valence electrons. The van der Waals surface area contributed by atoms with Crippen molar-refractivity contribution in [1.82, 2.24) is 4.98 Å². The first-order chi connectivity index (χ1) is 13.5. The summed E-state index contributed by atoms with van der Waals surface area (Å²) in [5.41, 5.74) is 3.14. The van der Waals surface area contributed by atoms with Crippen molar-refractivity contribution in [2.75, 3.05) is 11.9 Å². The van der Waals surface area contributed by atoms with Crippen molar-refractivity contribution in [2.45, 2.75) is 6.92 Å². The molecule has 0 aliphatic carbocycles. The summed E-state index contributed by atoms with van der Waals surface area (Å²) in [5, 5.41) is 3.98. The minimum absolute atomic E-state index is 0.0651. The van der Waals surface area contributed by atoms with Gasteiger partial charge in [0.15, 0.2) is 12.0 Å². The van der Waals surface area contributed by atoms with Crippen LogP contribution in [0.1, 0.15) is 5.56 Å². The number of rotatable bonds is 4. The SMILES string of the molecule is Cc1cc(Br)ccc1NC(=O)COc1ccc2[nH]c3ccccc3c(=O)c2c1. The van der Waals surface area contributed by atoms with Crippen LogP contribution in [-0.2, 0) is 4.79 Å². The first-order valence-corrected chi connectivity index (χ1v) is 9.54. The lowest BCUT2D eigenvalue weighted by Crippen LogP contribution is -2.20. The average Bonchev–Trinajstić information content (AvgIpc) is 2.69. The van der Waals surface area contributed by atoms with E-state index in [4.69, 9.17) is 4.74 Å². The zero-order valence-electron chi connectivity index (χ0n) is 15.1. The van der Waals surface area contributed by atoms with Gasteiger partial charge in [0.05, 0.1) is 5.52 Å². The molecular weight excluding hydrogens is 420 g/mol. The van der Waals surface area contributed by atoms with E-state index in [1.54, 1.807) is 24.3 Å². The van der Waals surface area contributed by atoms with Crippen molar-refractivity contribution in [3.8, 4) is 5.75 Å². The number of para-hydroxylation sites is 1. The number of fused-ring (bicyclic) bond motifs is 2. The average molecular weight is 437 g/mol. The van der Waals surface area contributed by atoms with E-state index in [0.29, 0.717) is 16.5 Å². The number of hydrogen-bond acceptors (Lipinski definition) is 3. The van der Waals surface area contributed by atoms with Crippen LogP contribution in [0.4, 0.5) is 5.69 Å². The number of ether oxygens (including phenoxy) is 1. The summed E-state index contributed by atoms with van der Waals surface area (Å²) in [4.78, 5) is 28.2. The van der Waals surface area contributed by atoms with Gasteiger partial charge in [0, 0.05) is 26.4 Å². The molecule has 1 amide bonds. The van der Waals surface area contributed by atoms with Gasteiger partial charge < -0.3 is 15.0 Å². The Morgan fingerprint density at radius 3 is 2.64 bits per heavy atom. The number of hydrogen-bond donors (Lipinski definition) is 2. The lowest BCUT2D eigenvalue weighted by molar-refractivity contribution is -0.118. The summed E-state index contributed by atoms with van der Waals surface area (Å²) in [6.45, 7) is 1.77. The molecule has 0 saturated heterocycles. The monoisotopic (exact) mass is 436 g/mol. The summed E-state index contributed by atoms with van der Waals surface area (Å²) < 4.78 is 6.56. The standard InChI is InChI=1S/C22H17BrN2O3/c1-13-10-14(23)6-8-18(13)25-21(26)12-28-15-7-9-20-17(11-15)22(27)16-4-2-3-5-19(16)24-20/h2-11H,12H2,1H3,(H,24,27)(H,25,26). The van der Waals surface area contributed by atoms with Gasteiger partial charge in [-0.25, -0.2) is 0 Å². The van der Waals surface area contributed by atoms with E-state index in [1.165, 1.54) is 0 Å². The molecule has 28 heavy (non-hydrogen) atoms. The van der Waals surface area contributed by atoms with Gasteiger partial charge in [-0.3, -0.25) is 9.59 Å². The third kappa shape index (κ3) is 3.64. The molecule has 3 aromatic carbocycles. The predicted octanol–water partition coefficient (Wildman–Crippen LogP) is 4.77. The first-order valence-electron chi connectivity index (χ1n) is 8.75. The fourth-order valence-electron chi connectivity index (χ4n) is 3.09. The second-order valence-corrected chi connectivity index (χ2v) is 7.42. The van der Waals surface area contributed by atoms with E-state index < -0.39 is 0 Å². The number of pyridine rings is 1. The van der Waals surface area contributed by atoms with E-state index in [-0.39, 0.29) is 17.9 Å². The van der Waals surface area contributed by atoms with Gasteiger partial charge in [-0.1, -0.05) is 28.1 Å². The maximum Gasteiger partial charge on any atom is 0.262 e. The molecule has 0 atom stereocenters. The van der Waals surface area contributed by atoms with Crippen molar-refractivity contribution < 1.29 is 9.53 Å².